The summed E-state index contributed by atoms with van der Waals surface area (Å²) in [5.41, 5.74) is 0.581. The van der Waals surface area contributed by atoms with Crippen molar-refractivity contribution in [1.29, 1.82) is 0 Å². The van der Waals surface area contributed by atoms with Crippen LogP contribution in [-0.2, 0) is 15.6 Å². The molecule has 1 aromatic rings. The minimum absolute atomic E-state index is 0.0736. The van der Waals surface area contributed by atoms with Gasteiger partial charge in [0, 0.05) is 17.2 Å². The van der Waals surface area contributed by atoms with E-state index in [-0.39, 0.29) is 18.1 Å². The highest BCUT2D eigenvalue weighted by atomic mass is 35.5. The number of halogens is 1. The van der Waals surface area contributed by atoms with Crippen LogP contribution in [0.4, 0.5) is 0 Å². The van der Waals surface area contributed by atoms with Gasteiger partial charge in [-0.25, -0.2) is 8.42 Å². The van der Waals surface area contributed by atoms with Crippen molar-refractivity contribution in [2.24, 2.45) is 0 Å². The maximum atomic E-state index is 12.0. The maximum Gasteiger partial charge on any atom is 0.154 e. The first-order chi connectivity index (χ1) is 8.98. The van der Waals surface area contributed by atoms with Crippen molar-refractivity contribution < 1.29 is 18.3 Å². The molecule has 0 saturated heterocycles. The Kier molecular flexibility index (Phi) is 6.62. The van der Waals surface area contributed by atoms with E-state index in [0.717, 1.165) is 0 Å². The standard InChI is InChI=1S/C13H19ClO4S/c1-18-13-6-5-12(14)9-11(13)10-19(16,17)8-4-2-3-7-15/h5-6,9,15H,2-4,7-8,10H2,1H3. The summed E-state index contributed by atoms with van der Waals surface area (Å²) in [6.07, 6.45) is 1.91. The zero-order valence-electron chi connectivity index (χ0n) is 10.9. The van der Waals surface area contributed by atoms with E-state index in [1.165, 1.54) is 7.11 Å². The molecule has 0 heterocycles. The van der Waals surface area contributed by atoms with E-state index < -0.39 is 9.84 Å². The summed E-state index contributed by atoms with van der Waals surface area (Å²) >= 11 is 5.87. The Morgan fingerprint density at radius 3 is 2.63 bits per heavy atom. The number of ether oxygens (including phenoxy) is 1. The Balaban J connectivity index is 2.69. The third-order valence-electron chi connectivity index (χ3n) is 2.73. The van der Waals surface area contributed by atoms with Crippen LogP contribution in [0.25, 0.3) is 0 Å². The molecule has 0 bridgehead atoms. The number of rotatable bonds is 8. The monoisotopic (exact) mass is 306 g/mol. The van der Waals surface area contributed by atoms with Gasteiger partial charge in [-0.05, 0) is 31.0 Å². The van der Waals surface area contributed by atoms with E-state index in [4.69, 9.17) is 21.4 Å². The number of hydrogen-bond donors (Lipinski definition) is 1. The van der Waals surface area contributed by atoms with Crippen molar-refractivity contribution >= 4 is 21.4 Å². The highest BCUT2D eigenvalue weighted by Crippen LogP contribution is 2.25. The summed E-state index contributed by atoms with van der Waals surface area (Å²) in [4.78, 5) is 0. The van der Waals surface area contributed by atoms with Gasteiger partial charge < -0.3 is 9.84 Å². The summed E-state index contributed by atoms with van der Waals surface area (Å²) in [6.45, 7) is 0.0994. The van der Waals surface area contributed by atoms with Crippen molar-refractivity contribution in [1.82, 2.24) is 0 Å². The molecule has 0 aromatic heterocycles. The molecule has 0 aliphatic carbocycles. The van der Waals surface area contributed by atoms with Gasteiger partial charge in [0.2, 0.25) is 0 Å². The Labute approximate surface area is 119 Å². The van der Waals surface area contributed by atoms with Crippen LogP contribution < -0.4 is 4.74 Å². The van der Waals surface area contributed by atoms with Crippen LogP contribution in [0.1, 0.15) is 24.8 Å². The van der Waals surface area contributed by atoms with Crippen LogP contribution in [0.3, 0.4) is 0 Å². The molecule has 0 atom stereocenters. The van der Waals surface area contributed by atoms with E-state index in [1.807, 2.05) is 0 Å². The SMILES string of the molecule is COc1ccc(Cl)cc1CS(=O)(=O)CCCCCO. The van der Waals surface area contributed by atoms with Gasteiger partial charge in [0.15, 0.2) is 9.84 Å². The average Bonchev–Trinajstić information content (AvgIpc) is 2.34. The quantitative estimate of drug-likeness (QED) is 0.749. The first kappa shape index (κ1) is 16.3. The zero-order valence-corrected chi connectivity index (χ0v) is 12.5. The van der Waals surface area contributed by atoms with Crippen LogP contribution in [-0.4, -0.2) is 33.0 Å². The lowest BCUT2D eigenvalue weighted by molar-refractivity contribution is 0.284. The van der Waals surface area contributed by atoms with Crippen LogP contribution >= 0.6 is 11.6 Å². The summed E-state index contributed by atoms with van der Waals surface area (Å²) < 4.78 is 29.1. The topological polar surface area (TPSA) is 63.6 Å². The minimum Gasteiger partial charge on any atom is -0.496 e. The van der Waals surface area contributed by atoms with Gasteiger partial charge in [-0.1, -0.05) is 18.0 Å². The first-order valence-corrected chi connectivity index (χ1v) is 8.32. The molecule has 0 amide bonds. The third-order valence-corrected chi connectivity index (χ3v) is 4.63. The number of unbranched alkanes of at least 4 members (excludes halogenated alkanes) is 2. The zero-order chi connectivity index (χ0) is 14.3. The molecule has 6 heteroatoms. The number of methoxy groups -OCH3 is 1. The van der Waals surface area contributed by atoms with Crippen molar-refractivity contribution in [2.45, 2.75) is 25.0 Å². The molecule has 1 aromatic carbocycles. The van der Waals surface area contributed by atoms with Gasteiger partial charge in [-0.3, -0.25) is 0 Å². The van der Waals surface area contributed by atoms with Crippen molar-refractivity contribution in [3.05, 3.63) is 28.8 Å². The fraction of sp³-hybridized carbons (Fsp3) is 0.538. The molecular weight excluding hydrogens is 288 g/mol. The molecule has 0 fully saturated rings. The Morgan fingerprint density at radius 1 is 1.26 bits per heavy atom. The summed E-state index contributed by atoms with van der Waals surface area (Å²) in [7, 11) is -1.68. The molecule has 1 rings (SSSR count). The summed E-state index contributed by atoms with van der Waals surface area (Å²) in [5.74, 6) is 0.571. The lowest BCUT2D eigenvalue weighted by atomic mass is 10.2. The molecular formula is C13H19ClO4S. The average molecular weight is 307 g/mol. The number of aliphatic hydroxyl groups is 1. The van der Waals surface area contributed by atoms with Gasteiger partial charge in [0.1, 0.15) is 5.75 Å². The molecule has 108 valence electrons. The van der Waals surface area contributed by atoms with Crippen LogP contribution in [0.5, 0.6) is 5.75 Å². The van der Waals surface area contributed by atoms with Gasteiger partial charge in [-0.15, -0.1) is 0 Å². The van der Waals surface area contributed by atoms with Gasteiger partial charge in [0.05, 0.1) is 18.6 Å². The fourth-order valence-electron chi connectivity index (χ4n) is 1.78. The first-order valence-electron chi connectivity index (χ1n) is 6.12. The Hall–Kier alpha value is -0.780. The number of benzene rings is 1. The molecule has 0 saturated carbocycles. The van der Waals surface area contributed by atoms with Crippen molar-refractivity contribution in [3.63, 3.8) is 0 Å². The molecule has 0 aliphatic rings. The fourth-order valence-corrected chi connectivity index (χ4v) is 3.46. The predicted octanol–water partition coefficient (Wildman–Crippen LogP) is 2.43. The summed E-state index contributed by atoms with van der Waals surface area (Å²) in [5, 5.41) is 9.14. The van der Waals surface area contributed by atoms with E-state index in [1.54, 1.807) is 18.2 Å². The maximum absolute atomic E-state index is 12.0. The number of aliphatic hydroxyl groups excluding tert-OH is 1. The lowest BCUT2D eigenvalue weighted by Gasteiger charge is -2.09. The van der Waals surface area contributed by atoms with Crippen molar-refractivity contribution in [3.8, 4) is 5.75 Å². The van der Waals surface area contributed by atoms with Crippen LogP contribution in [0, 0.1) is 0 Å². The molecule has 1 N–H and O–H groups in total. The highest BCUT2D eigenvalue weighted by Gasteiger charge is 2.15. The molecule has 0 aliphatic heterocycles. The van der Waals surface area contributed by atoms with Gasteiger partial charge in [-0.2, -0.15) is 0 Å². The van der Waals surface area contributed by atoms with E-state index in [9.17, 15) is 8.42 Å². The predicted molar refractivity (Wildman–Crippen MR) is 76.4 cm³/mol. The Morgan fingerprint density at radius 2 is 2.00 bits per heavy atom. The molecule has 19 heavy (non-hydrogen) atoms. The second kappa shape index (κ2) is 7.72. The molecule has 4 nitrogen and oxygen atoms in total. The molecule has 0 unspecified atom stereocenters. The Bertz CT molecular complexity index is 499. The highest BCUT2D eigenvalue weighted by molar-refractivity contribution is 7.90. The van der Waals surface area contributed by atoms with E-state index >= 15 is 0 Å². The van der Waals surface area contributed by atoms with Gasteiger partial charge >= 0.3 is 0 Å². The van der Waals surface area contributed by atoms with Crippen LogP contribution in [0.2, 0.25) is 5.02 Å². The van der Waals surface area contributed by atoms with Gasteiger partial charge in [0.25, 0.3) is 0 Å². The molecule has 0 spiro atoms. The lowest BCUT2D eigenvalue weighted by Crippen LogP contribution is -2.10. The van der Waals surface area contributed by atoms with E-state index in [2.05, 4.69) is 0 Å². The number of sulfone groups is 1. The second-order valence-electron chi connectivity index (χ2n) is 4.33. The van der Waals surface area contributed by atoms with E-state index in [0.29, 0.717) is 35.6 Å². The van der Waals surface area contributed by atoms with Crippen LogP contribution in [0.15, 0.2) is 18.2 Å². The summed E-state index contributed by atoms with van der Waals surface area (Å²) in [6, 6.07) is 4.95. The number of hydrogen-bond acceptors (Lipinski definition) is 4. The second-order valence-corrected chi connectivity index (χ2v) is 6.95. The largest absolute Gasteiger partial charge is 0.496 e. The normalized spacial score (nSPS) is 11.5. The smallest absolute Gasteiger partial charge is 0.154 e. The third kappa shape index (κ3) is 5.80. The molecule has 0 radical (unpaired) electrons. The minimum atomic E-state index is -3.18. The van der Waals surface area contributed by atoms with Crippen molar-refractivity contribution in [2.75, 3.05) is 19.5 Å².